The number of nitrogens with one attached hydrogen (secondary N) is 2. The van der Waals surface area contributed by atoms with E-state index in [1.54, 1.807) is 12.1 Å². The van der Waals surface area contributed by atoms with Crippen molar-refractivity contribution >= 4 is 17.3 Å². The normalized spacial score (nSPS) is 11.0. The zero-order valence-corrected chi connectivity index (χ0v) is 13.2. The number of ether oxygens (including phenoxy) is 1. The summed E-state index contributed by atoms with van der Waals surface area (Å²) in [6.45, 7) is 1.70. The van der Waals surface area contributed by atoms with Crippen LogP contribution in [-0.4, -0.2) is 19.6 Å². The molecule has 0 aliphatic carbocycles. The van der Waals surface area contributed by atoms with Gasteiger partial charge in [-0.2, -0.15) is 13.2 Å². The Bertz CT molecular complexity index is 730. The average Bonchev–Trinajstić information content (AvgIpc) is 2.53. The molecule has 1 amide bonds. The zero-order valence-electron chi connectivity index (χ0n) is 13.2. The molecule has 0 saturated heterocycles. The molecule has 0 heterocycles. The van der Waals surface area contributed by atoms with Gasteiger partial charge >= 0.3 is 6.18 Å². The fourth-order valence-electron chi connectivity index (χ4n) is 2.10. The highest BCUT2D eigenvalue weighted by atomic mass is 19.4. The predicted octanol–water partition coefficient (Wildman–Crippen LogP) is 4.07. The van der Waals surface area contributed by atoms with Gasteiger partial charge in [0, 0.05) is 5.69 Å². The first-order chi connectivity index (χ1) is 11.3. The maximum Gasteiger partial charge on any atom is 0.416 e. The lowest BCUT2D eigenvalue weighted by Crippen LogP contribution is -2.22. The van der Waals surface area contributed by atoms with Crippen LogP contribution in [0.5, 0.6) is 5.75 Å². The average molecular weight is 338 g/mol. The Labute approximate surface area is 137 Å². The number of anilines is 2. The van der Waals surface area contributed by atoms with Crippen LogP contribution in [0.15, 0.2) is 42.5 Å². The second-order valence-corrected chi connectivity index (χ2v) is 5.18. The number of halogens is 3. The number of aryl methyl sites for hydroxylation is 1. The van der Waals surface area contributed by atoms with E-state index in [-0.39, 0.29) is 12.2 Å². The van der Waals surface area contributed by atoms with Gasteiger partial charge in [0.05, 0.1) is 24.9 Å². The first kappa shape index (κ1) is 17.7. The van der Waals surface area contributed by atoms with E-state index in [4.69, 9.17) is 4.74 Å². The second kappa shape index (κ2) is 7.25. The smallest absolute Gasteiger partial charge is 0.416 e. The number of carbonyl (C=O) groups excluding carboxylic acids is 1. The van der Waals surface area contributed by atoms with E-state index in [2.05, 4.69) is 10.6 Å². The number of amides is 1. The van der Waals surface area contributed by atoms with Crippen LogP contribution < -0.4 is 15.4 Å². The van der Waals surface area contributed by atoms with Gasteiger partial charge < -0.3 is 15.4 Å². The standard InChI is InChI=1S/C17H17F3N2O2/c1-11-6-7-15(24-2)14(8-11)22-16(23)10-21-13-5-3-4-12(9-13)17(18,19)20/h3-9,21H,10H2,1-2H3,(H,22,23). The number of methoxy groups -OCH3 is 1. The van der Waals surface area contributed by atoms with Crippen LogP contribution in [0.1, 0.15) is 11.1 Å². The lowest BCUT2D eigenvalue weighted by molar-refractivity contribution is -0.137. The molecule has 128 valence electrons. The van der Waals surface area contributed by atoms with Gasteiger partial charge in [-0.3, -0.25) is 4.79 Å². The third-order valence-corrected chi connectivity index (χ3v) is 3.27. The molecule has 7 heteroatoms. The summed E-state index contributed by atoms with van der Waals surface area (Å²) >= 11 is 0. The van der Waals surface area contributed by atoms with Crippen molar-refractivity contribution in [3.63, 3.8) is 0 Å². The van der Waals surface area contributed by atoms with Gasteiger partial charge in [0.2, 0.25) is 5.91 Å². The predicted molar refractivity (Wildman–Crippen MR) is 86.3 cm³/mol. The molecular formula is C17H17F3N2O2. The van der Waals surface area contributed by atoms with Gasteiger partial charge in [0.15, 0.2) is 0 Å². The fraction of sp³-hybridized carbons (Fsp3) is 0.235. The van der Waals surface area contributed by atoms with Crippen LogP contribution in [-0.2, 0) is 11.0 Å². The third-order valence-electron chi connectivity index (χ3n) is 3.27. The molecule has 24 heavy (non-hydrogen) atoms. The molecule has 0 spiro atoms. The molecule has 2 rings (SSSR count). The van der Waals surface area contributed by atoms with Gasteiger partial charge in [-0.25, -0.2) is 0 Å². The first-order valence-corrected chi connectivity index (χ1v) is 7.15. The van der Waals surface area contributed by atoms with Gasteiger partial charge in [-0.05, 0) is 42.8 Å². The Morgan fingerprint density at radius 2 is 1.92 bits per heavy atom. The minimum Gasteiger partial charge on any atom is -0.495 e. The lowest BCUT2D eigenvalue weighted by atomic mass is 10.2. The second-order valence-electron chi connectivity index (χ2n) is 5.18. The Balaban J connectivity index is 2.00. The lowest BCUT2D eigenvalue weighted by Gasteiger charge is -2.13. The van der Waals surface area contributed by atoms with Crippen LogP contribution in [0.4, 0.5) is 24.5 Å². The van der Waals surface area contributed by atoms with E-state index in [9.17, 15) is 18.0 Å². The monoisotopic (exact) mass is 338 g/mol. The summed E-state index contributed by atoms with van der Waals surface area (Å²) in [5.41, 5.74) is 0.898. The molecule has 0 aromatic heterocycles. The van der Waals surface area contributed by atoms with Crippen LogP contribution in [0.2, 0.25) is 0 Å². The molecule has 0 aliphatic rings. The molecular weight excluding hydrogens is 321 g/mol. The Kier molecular flexibility index (Phi) is 5.33. The molecule has 0 fully saturated rings. The van der Waals surface area contributed by atoms with Crippen LogP contribution in [0.25, 0.3) is 0 Å². The summed E-state index contributed by atoms with van der Waals surface area (Å²) in [5, 5.41) is 5.35. The molecule has 2 aromatic rings. The van der Waals surface area contributed by atoms with E-state index < -0.39 is 17.6 Å². The topological polar surface area (TPSA) is 50.4 Å². The van der Waals surface area contributed by atoms with Crippen molar-refractivity contribution in [1.82, 2.24) is 0 Å². The Morgan fingerprint density at radius 1 is 1.17 bits per heavy atom. The number of benzene rings is 2. The van der Waals surface area contributed by atoms with Crippen LogP contribution in [0, 0.1) is 6.92 Å². The Hall–Kier alpha value is -2.70. The maximum absolute atomic E-state index is 12.7. The zero-order chi connectivity index (χ0) is 17.7. The van der Waals surface area contributed by atoms with Crippen LogP contribution >= 0.6 is 0 Å². The van der Waals surface area contributed by atoms with Gasteiger partial charge in [0.1, 0.15) is 5.75 Å². The van der Waals surface area contributed by atoms with Crippen molar-refractivity contribution in [2.45, 2.75) is 13.1 Å². The van der Waals surface area contributed by atoms with E-state index in [0.29, 0.717) is 11.4 Å². The molecule has 0 unspecified atom stereocenters. The fourth-order valence-corrected chi connectivity index (χ4v) is 2.10. The molecule has 0 atom stereocenters. The molecule has 2 N–H and O–H groups in total. The summed E-state index contributed by atoms with van der Waals surface area (Å²) in [7, 11) is 1.49. The summed E-state index contributed by atoms with van der Waals surface area (Å²) < 4.78 is 43.1. The molecule has 0 aliphatic heterocycles. The highest BCUT2D eigenvalue weighted by molar-refractivity contribution is 5.95. The van der Waals surface area contributed by atoms with Gasteiger partial charge in [-0.15, -0.1) is 0 Å². The number of rotatable bonds is 5. The number of hydrogen-bond donors (Lipinski definition) is 2. The quantitative estimate of drug-likeness (QED) is 0.864. The number of carbonyl (C=O) groups is 1. The van der Waals surface area contributed by atoms with Crippen molar-refractivity contribution in [1.29, 1.82) is 0 Å². The van der Waals surface area contributed by atoms with Gasteiger partial charge in [0.25, 0.3) is 0 Å². The van der Waals surface area contributed by atoms with Crippen molar-refractivity contribution in [3.8, 4) is 5.75 Å². The van der Waals surface area contributed by atoms with Crippen molar-refractivity contribution in [3.05, 3.63) is 53.6 Å². The minimum absolute atomic E-state index is 0.168. The van der Waals surface area contributed by atoms with E-state index in [0.717, 1.165) is 17.7 Å². The first-order valence-electron chi connectivity index (χ1n) is 7.15. The molecule has 0 saturated carbocycles. The minimum atomic E-state index is -4.42. The summed E-state index contributed by atoms with van der Waals surface area (Å²) in [5.74, 6) is 0.115. The van der Waals surface area contributed by atoms with Crippen molar-refractivity contribution in [2.24, 2.45) is 0 Å². The van der Waals surface area contributed by atoms with Crippen molar-refractivity contribution < 1.29 is 22.7 Å². The molecule has 2 aromatic carbocycles. The summed E-state index contributed by atoms with van der Waals surface area (Å²) in [6.07, 6.45) is -4.42. The summed E-state index contributed by atoms with van der Waals surface area (Å²) in [6, 6.07) is 10.0. The highest BCUT2D eigenvalue weighted by Gasteiger charge is 2.30. The highest BCUT2D eigenvalue weighted by Crippen LogP contribution is 2.30. The number of hydrogen-bond acceptors (Lipinski definition) is 3. The molecule has 0 bridgehead atoms. The van der Waals surface area contributed by atoms with E-state index >= 15 is 0 Å². The van der Waals surface area contributed by atoms with E-state index in [1.165, 1.54) is 19.2 Å². The van der Waals surface area contributed by atoms with Crippen LogP contribution in [0.3, 0.4) is 0 Å². The molecule has 0 radical (unpaired) electrons. The van der Waals surface area contributed by atoms with E-state index in [1.807, 2.05) is 13.0 Å². The number of alkyl halides is 3. The Morgan fingerprint density at radius 3 is 2.58 bits per heavy atom. The van der Waals surface area contributed by atoms with Crippen molar-refractivity contribution in [2.75, 3.05) is 24.3 Å². The summed E-state index contributed by atoms with van der Waals surface area (Å²) in [4.78, 5) is 12.0. The largest absolute Gasteiger partial charge is 0.495 e. The SMILES string of the molecule is COc1ccc(C)cc1NC(=O)CNc1cccc(C(F)(F)F)c1. The molecule has 4 nitrogen and oxygen atoms in total. The van der Waals surface area contributed by atoms with Gasteiger partial charge in [-0.1, -0.05) is 12.1 Å². The maximum atomic E-state index is 12.7. The third kappa shape index (κ3) is 4.65.